The van der Waals surface area contributed by atoms with Crippen molar-refractivity contribution in [2.24, 2.45) is 0 Å². The maximum atomic E-state index is 6.87. The Morgan fingerprint density at radius 3 is 1.50 bits per heavy atom. The molecule has 1 spiro atoms. The first-order valence-corrected chi connectivity index (χ1v) is 20.2. The Morgan fingerprint density at radius 1 is 0.293 bits per heavy atom. The molecular formula is C57H34O. The van der Waals surface area contributed by atoms with E-state index in [1.54, 1.807) is 0 Å². The third kappa shape index (κ3) is 4.10. The normalized spacial score (nSPS) is 13.4. The van der Waals surface area contributed by atoms with Crippen molar-refractivity contribution >= 4 is 53.9 Å². The fourth-order valence-electron chi connectivity index (χ4n) is 10.8. The summed E-state index contributed by atoms with van der Waals surface area (Å²) < 4.78 is 6.87. The fourth-order valence-corrected chi connectivity index (χ4v) is 10.8. The number of rotatable bonds is 2. The van der Waals surface area contributed by atoms with Crippen LogP contribution in [-0.4, -0.2) is 0 Å². The lowest BCUT2D eigenvalue weighted by molar-refractivity contribution is 0.437. The van der Waals surface area contributed by atoms with E-state index in [4.69, 9.17) is 4.74 Å². The van der Waals surface area contributed by atoms with Gasteiger partial charge >= 0.3 is 0 Å². The Balaban J connectivity index is 1.25. The summed E-state index contributed by atoms with van der Waals surface area (Å²) in [5, 5.41) is 12.6. The van der Waals surface area contributed by atoms with Gasteiger partial charge in [0.2, 0.25) is 0 Å². The van der Waals surface area contributed by atoms with Gasteiger partial charge in [-0.25, -0.2) is 0 Å². The molecule has 1 aliphatic heterocycles. The average Bonchev–Trinajstić information content (AvgIpc) is 3.60. The van der Waals surface area contributed by atoms with Crippen LogP contribution < -0.4 is 4.74 Å². The van der Waals surface area contributed by atoms with Crippen LogP contribution in [0.1, 0.15) is 22.3 Å². The minimum Gasteiger partial charge on any atom is -0.457 e. The highest BCUT2D eigenvalue weighted by molar-refractivity contribution is 6.24. The number of ether oxygens (including phenoxy) is 1. The highest BCUT2D eigenvalue weighted by atomic mass is 16.5. The summed E-state index contributed by atoms with van der Waals surface area (Å²) in [6.07, 6.45) is 0. The van der Waals surface area contributed by atoms with Gasteiger partial charge in [-0.2, -0.15) is 0 Å². The SMILES string of the molecule is c1ccc2c(c1)Oc1ccccc1C21c2cc(-c3cccc4ccccc34)c3ccccc3c2-c2c1c1ccc(-c3cccc4ccccc34)cc1c1ccccc21. The van der Waals surface area contributed by atoms with Crippen LogP contribution in [0.15, 0.2) is 206 Å². The van der Waals surface area contributed by atoms with Gasteiger partial charge in [-0.3, -0.25) is 0 Å². The largest absolute Gasteiger partial charge is 0.457 e. The van der Waals surface area contributed by atoms with Gasteiger partial charge < -0.3 is 4.74 Å². The van der Waals surface area contributed by atoms with Gasteiger partial charge in [0.15, 0.2) is 0 Å². The molecule has 0 saturated heterocycles. The molecule has 1 aliphatic carbocycles. The first-order valence-electron chi connectivity index (χ1n) is 20.2. The number of hydrogen-bond acceptors (Lipinski definition) is 1. The molecule has 0 unspecified atom stereocenters. The molecule has 0 aromatic heterocycles. The maximum Gasteiger partial charge on any atom is 0.132 e. The van der Waals surface area contributed by atoms with Crippen molar-refractivity contribution in [1.82, 2.24) is 0 Å². The summed E-state index contributed by atoms with van der Waals surface area (Å²) in [6.45, 7) is 0. The maximum absolute atomic E-state index is 6.87. The van der Waals surface area contributed by atoms with Crippen molar-refractivity contribution in [3.05, 3.63) is 229 Å². The van der Waals surface area contributed by atoms with E-state index in [0.717, 1.165) is 11.5 Å². The molecule has 11 aromatic rings. The van der Waals surface area contributed by atoms with Crippen LogP contribution >= 0.6 is 0 Å². The summed E-state index contributed by atoms with van der Waals surface area (Å²) in [7, 11) is 0. The molecule has 58 heavy (non-hydrogen) atoms. The lowest BCUT2D eigenvalue weighted by atomic mass is 9.64. The summed E-state index contributed by atoms with van der Waals surface area (Å²) in [6, 6.07) is 76.3. The summed E-state index contributed by atoms with van der Waals surface area (Å²) in [5.41, 5.74) is 11.8. The second kappa shape index (κ2) is 11.8. The Morgan fingerprint density at radius 2 is 0.810 bits per heavy atom. The highest BCUT2D eigenvalue weighted by Crippen LogP contribution is 2.66. The van der Waals surface area contributed by atoms with Crippen LogP contribution in [0.25, 0.3) is 87.2 Å². The van der Waals surface area contributed by atoms with Crippen molar-refractivity contribution in [2.45, 2.75) is 5.41 Å². The van der Waals surface area contributed by atoms with E-state index in [-0.39, 0.29) is 0 Å². The molecule has 13 rings (SSSR count). The van der Waals surface area contributed by atoms with Crippen molar-refractivity contribution in [3.63, 3.8) is 0 Å². The molecule has 0 bridgehead atoms. The van der Waals surface area contributed by atoms with Gasteiger partial charge in [0.1, 0.15) is 11.5 Å². The van der Waals surface area contributed by atoms with Crippen LogP contribution in [-0.2, 0) is 5.41 Å². The van der Waals surface area contributed by atoms with Gasteiger partial charge in [-0.15, -0.1) is 0 Å². The lowest BCUT2D eigenvalue weighted by Crippen LogP contribution is -2.32. The summed E-state index contributed by atoms with van der Waals surface area (Å²) in [4.78, 5) is 0. The van der Waals surface area contributed by atoms with Crippen LogP contribution in [0.2, 0.25) is 0 Å². The smallest absolute Gasteiger partial charge is 0.132 e. The van der Waals surface area contributed by atoms with Gasteiger partial charge in [0, 0.05) is 11.1 Å². The van der Waals surface area contributed by atoms with E-state index in [2.05, 4.69) is 206 Å². The molecule has 0 radical (unpaired) electrons. The molecule has 268 valence electrons. The third-order valence-corrected chi connectivity index (χ3v) is 13.1. The van der Waals surface area contributed by atoms with Gasteiger partial charge in [-0.1, -0.05) is 182 Å². The number of benzene rings is 11. The van der Waals surface area contributed by atoms with E-state index in [1.165, 1.54) is 109 Å². The Bertz CT molecular complexity index is 3500. The topological polar surface area (TPSA) is 9.23 Å². The first kappa shape index (κ1) is 31.7. The van der Waals surface area contributed by atoms with Crippen molar-refractivity contribution in [3.8, 4) is 44.9 Å². The standard InChI is InChI=1S/C57H34O/c1-3-19-38-35(15-1)17-13-25-40(38)37-31-32-46-47(33-37)43-22-6-8-24-45(43)55-54-44-23-7-5-21-42(44)48(41-26-14-18-36-16-2-4-20-39(36)41)34-51(54)57(56(46)55)49-27-9-11-29-52(49)58-53-30-12-10-28-50(53)57/h1-34H. The predicted octanol–water partition coefficient (Wildman–Crippen LogP) is 15.3. The molecule has 0 atom stereocenters. The Labute approximate surface area is 336 Å². The summed E-state index contributed by atoms with van der Waals surface area (Å²) in [5.74, 6) is 1.79. The molecule has 1 heteroatoms. The number of para-hydroxylation sites is 2. The van der Waals surface area contributed by atoms with Crippen molar-refractivity contribution in [1.29, 1.82) is 0 Å². The lowest BCUT2D eigenvalue weighted by Gasteiger charge is -2.40. The molecule has 1 nitrogen and oxygen atoms in total. The predicted molar refractivity (Wildman–Crippen MR) is 242 cm³/mol. The molecule has 11 aromatic carbocycles. The Kier molecular flexibility index (Phi) is 6.43. The van der Waals surface area contributed by atoms with Gasteiger partial charge in [0.05, 0.1) is 5.41 Å². The van der Waals surface area contributed by atoms with E-state index in [9.17, 15) is 0 Å². The van der Waals surface area contributed by atoms with E-state index >= 15 is 0 Å². The minimum atomic E-state index is -0.678. The zero-order valence-electron chi connectivity index (χ0n) is 31.5. The second-order valence-corrected chi connectivity index (χ2v) is 15.8. The van der Waals surface area contributed by atoms with Gasteiger partial charge in [-0.05, 0) is 123 Å². The van der Waals surface area contributed by atoms with E-state index in [0.29, 0.717) is 0 Å². The summed E-state index contributed by atoms with van der Waals surface area (Å²) >= 11 is 0. The molecular weight excluding hydrogens is 701 g/mol. The zero-order valence-corrected chi connectivity index (χ0v) is 31.5. The van der Waals surface area contributed by atoms with Crippen LogP contribution in [0.5, 0.6) is 11.5 Å². The molecule has 0 fully saturated rings. The van der Waals surface area contributed by atoms with E-state index < -0.39 is 5.41 Å². The average molecular weight is 735 g/mol. The monoisotopic (exact) mass is 734 g/mol. The molecule has 0 saturated carbocycles. The van der Waals surface area contributed by atoms with Crippen molar-refractivity contribution in [2.75, 3.05) is 0 Å². The van der Waals surface area contributed by atoms with E-state index in [1.807, 2.05) is 0 Å². The minimum absolute atomic E-state index is 0.678. The van der Waals surface area contributed by atoms with Crippen molar-refractivity contribution < 1.29 is 4.74 Å². The second-order valence-electron chi connectivity index (χ2n) is 15.8. The first-order chi connectivity index (χ1) is 28.8. The van der Waals surface area contributed by atoms with Crippen LogP contribution in [0.3, 0.4) is 0 Å². The van der Waals surface area contributed by atoms with Gasteiger partial charge in [0.25, 0.3) is 0 Å². The molecule has 2 aliphatic rings. The number of fused-ring (bicyclic) bond motifs is 18. The fraction of sp³-hybridized carbons (Fsp3) is 0.0175. The Hall–Kier alpha value is -7.48. The third-order valence-electron chi connectivity index (χ3n) is 13.1. The quantitative estimate of drug-likeness (QED) is 0.161. The number of hydrogen-bond donors (Lipinski definition) is 0. The van der Waals surface area contributed by atoms with Crippen LogP contribution in [0, 0.1) is 0 Å². The zero-order chi connectivity index (χ0) is 38.0. The van der Waals surface area contributed by atoms with Crippen LogP contribution in [0.4, 0.5) is 0 Å². The molecule has 0 amide bonds. The molecule has 1 heterocycles. The molecule has 0 N–H and O–H groups in total. The highest BCUT2D eigenvalue weighted by Gasteiger charge is 2.53.